The second-order valence-corrected chi connectivity index (χ2v) is 6.16. The van der Waals surface area contributed by atoms with Gasteiger partial charge >= 0.3 is 5.97 Å². The van der Waals surface area contributed by atoms with Crippen molar-refractivity contribution >= 4 is 11.9 Å². The highest BCUT2D eigenvalue weighted by Crippen LogP contribution is 2.16. The fourth-order valence-electron chi connectivity index (χ4n) is 2.98. The molecule has 0 aliphatic carbocycles. The van der Waals surface area contributed by atoms with Gasteiger partial charge in [0.25, 0.3) is 0 Å². The van der Waals surface area contributed by atoms with Gasteiger partial charge in [0.1, 0.15) is 5.82 Å². The SMILES string of the molecule is COC(=O)CCCC(=O)N[C@H]1CCCN(Cc2ccccc2F)C1. The Bertz CT molecular complexity index is 565. The fraction of sp³-hybridized carbons (Fsp3) is 0.556. The van der Waals surface area contributed by atoms with Crippen molar-refractivity contribution in [2.45, 2.75) is 44.7 Å². The van der Waals surface area contributed by atoms with Crippen LogP contribution in [0.2, 0.25) is 0 Å². The summed E-state index contributed by atoms with van der Waals surface area (Å²) >= 11 is 0. The predicted molar refractivity (Wildman–Crippen MR) is 88.7 cm³/mol. The van der Waals surface area contributed by atoms with E-state index in [0.717, 1.165) is 25.9 Å². The molecule has 1 aromatic rings. The van der Waals surface area contributed by atoms with Gasteiger partial charge in [0, 0.05) is 37.5 Å². The van der Waals surface area contributed by atoms with Crippen LogP contribution in [0, 0.1) is 5.82 Å². The van der Waals surface area contributed by atoms with Crippen molar-refractivity contribution in [2.24, 2.45) is 0 Å². The molecule has 1 aromatic carbocycles. The molecule has 0 aromatic heterocycles. The first-order valence-corrected chi connectivity index (χ1v) is 8.40. The maximum Gasteiger partial charge on any atom is 0.305 e. The van der Waals surface area contributed by atoms with Crippen molar-refractivity contribution in [3.05, 3.63) is 35.6 Å². The third kappa shape index (κ3) is 5.92. The van der Waals surface area contributed by atoms with E-state index in [1.165, 1.54) is 13.2 Å². The zero-order chi connectivity index (χ0) is 17.4. The quantitative estimate of drug-likeness (QED) is 0.776. The minimum absolute atomic E-state index is 0.0448. The minimum atomic E-state index is -0.295. The van der Waals surface area contributed by atoms with Crippen LogP contribution in [-0.2, 0) is 20.9 Å². The number of hydrogen-bond acceptors (Lipinski definition) is 4. The number of amides is 1. The highest BCUT2D eigenvalue weighted by atomic mass is 19.1. The Kier molecular flexibility index (Phi) is 7.18. The van der Waals surface area contributed by atoms with Crippen LogP contribution in [0.15, 0.2) is 24.3 Å². The Morgan fingerprint density at radius 2 is 2.12 bits per heavy atom. The summed E-state index contributed by atoms with van der Waals surface area (Å²) in [6, 6.07) is 6.87. The molecule has 1 N–H and O–H groups in total. The molecule has 0 unspecified atom stereocenters. The number of piperidine rings is 1. The highest BCUT2D eigenvalue weighted by Gasteiger charge is 2.22. The Morgan fingerprint density at radius 1 is 1.33 bits per heavy atom. The highest BCUT2D eigenvalue weighted by molar-refractivity contribution is 5.77. The van der Waals surface area contributed by atoms with Gasteiger partial charge in [-0.05, 0) is 31.9 Å². The van der Waals surface area contributed by atoms with Gasteiger partial charge in [-0.15, -0.1) is 0 Å². The van der Waals surface area contributed by atoms with Gasteiger partial charge < -0.3 is 10.1 Å². The standard InChI is InChI=1S/C18H25FN2O3/c1-24-18(23)10-4-9-17(22)20-15-7-5-11-21(13-15)12-14-6-2-3-8-16(14)19/h2-3,6,8,15H,4-5,7,9-13H2,1H3,(H,20,22)/t15-/m0/s1. The van der Waals surface area contributed by atoms with E-state index in [2.05, 4.69) is 15.0 Å². The lowest BCUT2D eigenvalue weighted by molar-refractivity contribution is -0.140. The lowest BCUT2D eigenvalue weighted by atomic mass is 10.0. The number of ether oxygens (including phenoxy) is 1. The van der Waals surface area contributed by atoms with Gasteiger partial charge in [0.05, 0.1) is 7.11 Å². The van der Waals surface area contributed by atoms with Crippen LogP contribution in [0.25, 0.3) is 0 Å². The van der Waals surface area contributed by atoms with Gasteiger partial charge in [-0.1, -0.05) is 18.2 Å². The number of nitrogens with one attached hydrogen (secondary N) is 1. The van der Waals surface area contributed by atoms with Crippen molar-refractivity contribution in [2.75, 3.05) is 20.2 Å². The molecule has 1 heterocycles. The number of carbonyl (C=O) groups excluding carboxylic acids is 2. The van der Waals surface area contributed by atoms with Crippen molar-refractivity contribution in [3.8, 4) is 0 Å². The molecule has 24 heavy (non-hydrogen) atoms. The molecule has 0 spiro atoms. The average molecular weight is 336 g/mol. The van der Waals surface area contributed by atoms with E-state index in [-0.39, 0.29) is 30.2 Å². The molecule has 132 valence electrons. The number of nitrogens with zero attached hydrogens (tertiary/aromatic N) is 1. The molecule has 5 nitrogen and oxygen atoms in total. The minimum Gasteiger partial charge on any atom is -0.469 e. The molecule has 1 amide bonds. The molecule has 0 radical (unpaired) electrons. The molecular weight excluding hydrogens is 311 g/mol. The zero-order valence-electron chi connectivity index (χ0n) is 14.1. The number of hydrogen-bond donors (Lipinski definition) is 1. The zero-order valence-corrected chi connectivity index (χ0v) is 14.1. The topological polar surface area (TPSA) is 58.6 Å². The summed E-state index contributed by atoms with van der Waals surface area (Å²) in [5.41, 5.74) is 0.683. The van der Waals surface area contributed by atoms with E-state index in [9.17, 15) is 14.0 Å². The third-order valence-corrected chi connectivity index (χ3v) is 4.23. The maximum absolute atomic E-state index is 13.8. The molecule has 0 bridgehead atoms. The van der Waals surface area contributed by atoms with Crippen molar-refractivity contribution in [3.63, 3.8) is 0 Å². The van der Waals surface area contributed by atoms with Crippen molar-refractivity contribution < 1.29 is 18.7 Å². The van der Waals surface area contributed by atoms with E-state index < -0.39 is 0 Å². The number of methoxy groups -OCH3 is 1. The Morgan fingerprint density at radius 3 is 2.88 bits per heavy atom. The first-order chi connectivity index (χ1) is 11.6. The Hall–Kier alpha value is -1.95. The summed E-state index contributed by atoms with van der Waals surface area (Å²) in [5, 5.41) is 3.01. The lowest BCUT2D eigenvalue weighted by Gasteiger charge is -2.33. The van der Waals surface area contributed by atoms with E-state index in [1.54, 1.807) is 12.1 Å². The van der Waals surface area contributed by atoms with Crippen LogP contribution in [0.4, 0.5) is 4.39 Å². The monoisotopic (exact) mass is 336 g/mol. The molecule has 1 saturated heterocycles. The average Bonchev–Trinajstić information content (AvgIpc) is 2.57. The summed E-state index contributed by atoms with van der Waals surface area (Å²) in [6.45, 7) is 2.18. The number of esters is 1. The van der Waals surface area contributed by atoms with E-state index in [0.29, 0.717) is 24.9 Å². The second-order valence-electron chi connectivity index (χ2n) is 6.16. The molecule has 2 rings (SSSR count). The molecule has 1 aliphatic rings. The van der Waals surface area contributed by atoms with Crippen LogP contribution in [0.1, 0.15) is 37.7 Å². The molecule has 1 atom stereocenters. The normalized spacial score (nSPS) is 18.2. The van der Waals surface area contributed by atoms with Gasteiger partial charge in [0.2, 0.25) is 5.91 Å². The van der Waals surface area contributed by atoms with Gasteiger partial charge in [-0.3, -0.25) is 14.5 Å². The summed E-state index contributed by atoms with van der Waals surface area (Å²) < 4.78 is 18.3. The Labute approximate surface area is 142 Å². The smallest absolute Gasteiger partial charge is 0.305 e. The van der Waals surface area contributed by atoms with E-state index in [4.69, 9.17) is 0 Å². The second kappa shape index (κ2) is 9.37. The van der Waals surface area contributed by atoms with Crippen LogP contribution in [0.3, 0.4) is 0 Å². The predicted octanol–water partition coefficient (Wildman–Crippen LogP) is 2.25. The fourth-order valence-corrected chi connectivity index (χ4v) is 2.98. The third-order valence-electron chi connectivity index (χ3n) is 4.23. The van der Waals surface area contributed by atoms with Crippen molar-refractivity contribution in [1.29, 1.82) is 0 Å². The van der Waals surface area contributed by atoms with Crippen molar-refractivity contribution in [1.82, 2.24) is 10.2 Å². The number of rotatable bonds is 7. The molecule has 0 saturated carbocycles. The summed E-state index contributed by atoms with van der Waals surface area (Å²) in [6.07, 6.45) is 2.97. The first-order valence-electron chi connectivity index (χ1n) is 8.40. The van der Waals surface area contributed by atoms with Crippen LogP contribution in [0.5, 0.6) is 0 Å². The van der Waals surface area contributed by atoms with Gasteiger partial charge in [-0.25, -0.2) is 4.39 Å². The summed E-state index contributed by atoms with van der Waals surface area (Å²) in [7, 11) is 1.34. The maximum atomic E-state index is 13.8. The number of benzene rings is 1. The largest absolute Gasteiger partial charge is 0.469 e. The van der Waals surface area contributed by atoms with E-state index >= 15 is 0 Å². The lowest BCUT2D eigenvalue weighted by Crippen LogP contribution is -2.47. The summed E-state index contributed by atoms with van der Waals surface area (Å²) in [4.78, 5) is 25.2. The van der Waals surface area contributed by atoms with Gasteiger partial charge in [-0.2, -0.15) is 0 Å². The summed E-state index contributed by atoms with van der Waals surface area (Å²) in [5.74, 6) is -0.528. The molecule has 1 fully saturated rings. The van der Waals surface area contributed by atoms with Crippen LogP contribution >= 0.6 is 0 Å². The molecule has 6 heteroatoms. The van der Waals surface area contributed by atoms with Crippen LogP contribution in [-0.4, -0.2) is 43.0 Å². The van der Waals surface area contributed by atoms with Crippen LogP contribution < -0.4 is 5.32 Å². The molecule has 1 aliphatic heterocycles. The number of halogens is 1. The molecular formula is C18H25FN2O3. The Balaban J connectivity index is 1.75. The van der Waals surface area contributed by atoms with E-state index in [1.807, 2.05) is 6.07 Å². The van der Waals surface area contributed by atoms with Gasteiger partial charge in [0.15, 0.2) is 0 Å². The first kappa shape index (κ1) is 18.4. The number of likely N-dealkylation sites (tertiary alicyclic amines) is 1. The number of carbonyl (C=O) groups is 2.